The first-order chi connectivity index (χ1) is 12.3. The lowest BCUT2D eigenvalue weighted by molar-refractivity contribution is -0.116. The first-order valence-corrected chi connectivity index (χ1v) is 10.5. The van der Waals surface area contributed by atoms with Crippen molar-refractivity contribution in [1.82, 2.24) is 0 Å². The summed E-state index contributed by atoms with van der Waals surface area (Å²) >= 11 is 0. The summed E-state index contributed by atoms with van der Waals surface area (Å²) in [5.74, 6) is 3.87. The van der Waals surface area contributed by atoms with Gasteiger partial charge >= 0.3 is 0 Å². The van der Waals surface area contributed by atoms with Gasteiger partial charge in [0.2, 0.25) is 0 Å². The van der Waals surface area contributed by atoms with Gasteiger partial charge in [-0.25, -0.2) is 0 Å². The number of carbonyl (C=O) groups is 1. The van der Waals surface area contributed by atoms with E-state index in [1.165, 1.54) is 56.9 Å². The standard InChI is InChI=1S/C24H30O/c25-19-9-11-20-18(15-19)8-10-22-21(20)12-14-24(13-4-7-23(22)24)16-17-5-2-1-3-6-17/h1-3,5-6,15,20-23H,4,7-14,16H2/t20-,21+,22+,23-,24-/m0/s1. The lowest BCUT2D eigenvalue weighted by Crippen LogP contribution is -2.46. The Morgan fingerprint density at radius 2 is 1.80 bits per heavy atom. The molecule has 132 valence electrons. The van der Waals surface area contributed by atoms with Gasteiger partial charge in [0.1, 0.15) is 0 Å². The number of fused-ring (bicyclic) bond motifs is 5. The molecule has 0 spiro atoms. The van der Waals surface area contributed by atoms with E-state index in [1.54, 1.807) is 5.56 Å². The first-order valence-electron chi connectivity index (χ1n) is 10.5. The van der Waals surface area contributed by atoms with Gasteiger partial charge in [0, 0.05) is 6.42 Å². The monoisotopic (exact) mass is 334 g/mol. The zero-order valence-corrected chi connectivity index (χ0v) is 15.3. The Kier molecular flexibility index (Phi) is 3.87. The van der Waals surface area contributed by atoms with Crippen molar-refractivity contribution in [2.45, 2.75) is 64.2 Å². The lowest BCUT2D eigenvalue weighted by Gasteiger charge is -2.54. The van der Waals surface area contributed by atoms with Crippen molar-refractivity contribution in [3.63, 3.8) is 0 Å². The number of carbonyl (C=O) groups excluding carboxylic acids is 1. The molecule has 1 aromatic carbocycles. The van der Waals surface area contributed by atoms with Crippen molar-refractivity contribution in [2.24, 2.45) is 29.1 Å². The summed E-state index contributed by atoms with van der Waals surface area (Å²) in [5.41, 5.74) is 3.65. The SMILES string of the molecule is O=C1C=C2CC[C@@H]3[C@H](CC[C@]4(Cc5ccccc5)CCC[C@@H]34)[C@H]2CC1. The van der Waals surface area contributed by atoms with Gasteiger partial charge < -0.3 is 0 Å². The van der Waals surface area contributed by atoms with E-state index in [2.05, 4.69) is 30.3 Å². The van der Waals surface area contributed by atoms with Crippen LogP contribution in [-0.2, 0) is 11.2 Å². The molecule has 0 amide bonds. The number of benzene rings is 1. The van der Waals surface area contributed by atoms with Gasteiger partial charge in [-0.1, -0.05) is 42.3 Å². The van der Waals surface area contributed by atoms with Crippen LogP contribution < -0.4 is 0 Å². The number of rotatable bonds is 2. The van der Waals surface area contributed by atoms with Crippen molar-refractivity contribution in [1.29, 1.82) is 0 Å². The molecule has 0 bridgehead atoms. The summed E-state index contributed by atoms with van der Waals surface area (Å²) in [7, 11) is 0. The molecule has 1 heteroatoms. The van der Waals surface area contributed by atoms with Crippen LogP contribution in [0.1, 0.15) is 63.4 Å². The zero-order valence-electron chi connectivity index (χ0n) is 15.3. The zero-order chi connectivity index (χ0) is 16.9. The Morgan fingerprint density at radius 3 is 2.68 bits per heavy atom. The van der Waals surface area contributed by atoms with Crippen molar-refractivity contribution >= 4 is 5.78 Å². The highest BCUT2D eigenvalue weighted by molar-refractivity contribution is 5.91. The van der Waals surface area contributed by atoms with E-state index in [4.69, 9.17) is 0 Å². The molecule has 1 aromatic rings. The third kappa shape index (κ3) is 2.62. The number of allylic oxidation sites excluding steroid dienone is 1. The van der Waals surface area contributed by atoms with Gasteiger partial charge in [0.05, 0.1) is 0 Å². The normalized spacial score (nSPS) is 40.0. The van der Waals surface area contributed by atoms with Gasteiger partial charge in [-0.2, -0.15) is 0 Å². The molecule has 4 aliphatic carbocycles. The molecule has 4 aliphatic rings. The summed E-state index contributed by atoms with van der Waals surface area (Å²) < 4.78 is 0. The molecular formula is C24H30O. The minimum atomic E-state index is 0.389. The van der Waals surface area contributed by atoms with Crippen LogP contribution in [0.25, 0.3) is 0 Å². The van der Waals surface area contributed by atoms with Crippen molar-refractivity contribution in [3.05, 3.63) is 47.5 Å². The minimum absolute atomic E-state index is 0.389. The van der Waals surface area contributed by atoms with Crippen molar-refractivity contribution in [2.75, 3.05) is 0 Å². The van der Waals surface area contributed by atoms with E-state index >= 15 is 0 Å². The average Bonchev–Trinajstić information content (AvgIpc) is 3.06. The van der Waals surface area contributed by atoms with E-state index in [1.807, 2.05) is 6.08 Å². The Balaban J connectivity index is 1.42. The summed E-state index contributed by atoms with van der Waals surface area (Å²) in [6, 6.07) is 11.2. The molecule has 0 unspecified atom stereocenters. The maximum absolute atomic E-state index is 11.8. The van der Waals surface area contributed by atoms with E-state index in [9.17, 15) is 4.79 Å². The summed E-state index contributed by atoms with van der Waals surface area (Å²) in [5, 5.41) is 0. The van der Waals surface area contributed by atoms with Crippen LogP contribution in [0.15, 0.2) is 42.0 Å². The van der Waals surface area contributed by atoms with E-state index < -0.39 is 0 Å². The molecule has 0 aromatic heterocycles. The van der Waals surface area contributed by atoms with Crippen LogP contribution in [0.3, 0.4) is 0 Å². The van der Waals surface area contributed by atoms with Crippen molar-refractivity contribution in [3.8, 4) is 0 Å². The fourth-order valence-corrected chi connectivity index (χ4v) is 7.28. The maximum atomic E-state index is 11.8. The molecule has 0 N–H and O–H groups in total. The fourth-order valence-electron chi connectivity index (χ4n) is 7.28. The van der Waals surface area contributed by atoms with Crippen LogP contribution >= 0.6 is 0 Å². The third-order valence-electron chi connectivity index (χ3n) is 8.23. The molecule has 3 fully saturated rings. The molecule has 25 heavy (non-hydrogen) atoms. The highest BCUT2D eigenvalue weighted by atomic mass is 16.1. The third-order valence-corrected chi connectivity index (χ3v) is 8.23. The largest absolute Gasteiger partial charge is 0.295 e. The quantitative estimate of drug-likeness (QED) is 0.674. The van der Waals surface area contributed by atoms with Crippen molar-refractivity contribution < 1.29 is 4.79 Å². The molecule has 5 atom stereocenters. The Hall–Kier alpha value is -1.37. The predicted octanol–water partition coefficient (Wildman–Crippen LogP) is 5.74. The Labute approximate surface area is 151 Å². The summed E-state index contributed by atoms with van der Waals surface area (Å²) in [6.07, 6.45) is 15.0. The fraction of sp³-hybridized carbons (Fsp3) is 0.625. The molecule has 0 radical (unpaired) electrons. The second-order valence-electron chi connectivity index (χ2n) is 9.26. The predicted molar refractivity (Wildman–Crippen MR) is 101 cm³/mol. The van der Waals surface area contributed by atoms with Gasteiger partial charge in [-0.05, 0) is 92.1 Å². The number of ketones is 1. The Morgan fingerprint density at radius 1 is 0.920 bits per heavy atom. The van der Waals surface area contributed by atoms with Crippen LogP contribution in [-0.4, -0.2) is 5.78 Å². The Bertz CT molecular complexity index is 687. The van der Waals surface area contributed by atoms with Crippen LogP contribution in [0.2, 0.25) is 0 Å². The summed E-state index contributed by atoms with van der Waals surface area (Å²) in [4.78, 5) is 11.8. The lowest BCUT2D eigenvalue weighted by atomic mass is 9.51. The summed E-state index contributed by atoms with van der Waals surface area (Å²) in [6.45, 7) is 0. The second-order valence-corrected chi connectivity index (χ2v) is 9.26. The van der Waals surface area contributed by atoms with Crippen LogP contribution in [0, 0.1) is 29.1 Å². The molecule has 0 heterocycles. The van der Waals surface area contributed by atoms with Gasteiger partial charge in [0.15, 0.2) is 5.78 Å². The molecule has 5 rings (SSSR count). The number of hydrogen-bond acceptors (Lipinski definition) is 1. The molecule has 0 saturated heterocycles. The smallest absolute Gasteiger partial charge is 0.155 e. The first kappa shape index (κ1) is 15.9. The number of hydrogen-bond donors (Lipinski definition) is 0. The molecule has 0 aliphatic heterocycles. The maximum Gasteiger partial charge on any atom is 0.155 e. The average molecular weight is 335 g/mol. The van der Waals surface area contributed by atoms with Gasteiger partial charge in [-0.15, -0.1) is 0 Å². The highest BCUT2D eigenvalue weighted by Crippen LogP contribution is 2.62. The van der Waals surface area contributed by atoms with Crippen LogP contribution in [0.4, 0.5) is 0 Å². The second kappa shape index (κ2) is 6.11. The molecule has 3 saturated carbocycles. The minimum Gasteiger partial charge on any atom is -0.295 e. The molecule has 1 nitrogen and oxygen atoms in total. The van der Waals surface area contributed by atoms with Gasteiger partial charge in [0.25, 0.3) is 0 Å². The van der Waals surface area contributed by atoms with Gasteiger partial charge in [-0.3, -0.25) is 4.79 Å². The van der Waals surface area contributed by atoms with E-state index in [0.29, 0.717) is 11.2 Å². The highest BCUT2D eigenvalue weighted by Gasteiger charge is 2.54. The van der Waals surface area contributed by atoms with E-state index in [0.717, 1.165) is 36.5 Å². The van der Waals surface area contributed by atoms with E-state index in [-0.39, 0.29) is 0 Å². The van der Waals surface area contributed by atoms with Crippen LogP contribution in [0.5, 0.6) is 0 Å². The topological polar surface area (TPSA) is 17.1 Å². The molecular weight excluding hydrogens is 304 g/mol.